The van der Waals surface area contributed by atoms with E-state index in [0.29, 0.717) is 21.6 Å². The number of anilines is 4. The van der Waals surface area contributed by atoms with Crippen LogP contribution in [0.2, 0.25) is 5.02 Å². The van der Waals surface area contributed by atoms with Crippen LogP contribution >= 0.6 is 22.9 Å². The number of fused-ring (bicyclic) bond motifs is 1. The van der Waals surface area contributed by atoms with E-state index in [4.69, 9.17) is 16.3 Å². The van der Waals surface area contributed by atoms with Crippen LogP contribution in [0.25, 0.3) is 10.2 Å². The van der Waals surface area contributed by atoms with E-state index >= 15 is 0 Å². The molecule has 0 aliphatic carbocycles. The molecule has 2 aromatic carbocycles. The zero-order chi connectivity index (χ0) is 21.3. The van der Waals surface area contributed by atoms with Crippen molar-refractivity contribution in [2.75, 3.05) is 17.7 Å². The normalized spacial score (nSPS) is 10.8. The summed E-state index contributed by atoms with van der Waals surface area (Å²) < 4.78 is 6.10. The Morgan fingerprint density at radius 1 is 1.13 bits per heavy atom. The Bertz CT molecular complexity index is 1260. The van der Waals surface area contributed by atoms with Gasteiger partial charge in [-0.2, -0.15) is 0 Å². The van der Waals surface area contributed by atoms with Gasteiger partial charge in [-0.05, 0) is 42.8 Å². The summed E-state index contributed by atoms with van der Waals surface area (Å²) in [5.41, 5.74) is 1.92. The zero-order valence-corrected chi connectivity index (χ0v) is 17.4. The van der Waals surface area contributed by atoms with E-state index in [2.05, 4.69) is 25.6 Å². The van der Waals surface area contributed by atoms with E-state index in [1.807, 2.05) is 25.1 Å². The first kappa shape index (κ1) is 19.8. The molecular formula is C19H15ClN6O3S. The van der Waals surface area contributed by atoms with Gasteiger partial charge in [-0.3, -0.25) is 10.1 Å². The minimum atomic E-state index is -0.541. The number of rotatable bonds is 6. The minimum Gasteiger partial charge on any atom is -0.497 e. The van der Waals surface area contributed by atoms with Crippen LogP contribution in [-0.2, 0) is 0 Å². The maximum absolute atomic E-state index is 11.8. The van der Waals surface area contributed by atoms with Crippen LogP contribution in [0.3, 0.4) is 0 Å². The van der Waals surface area contributed by atoms with Crippen LogP contribution < -0.4 is 15.4 Å². The molecule has 0 fully saturated rings. The van der Waals surface area contributed by atoms with Crippen molar-refractivity contribution in [3.8, 4) is 5.75 Å². The molecule has 0 radical (unpaired) electrons. The van der Waals surface area contributed by atoms with E-state index in [1.165, 1.54) is 17.7 Å². The lowest BCUT2D eigenvalue weighted by atomic mass is 10.2. The minimum absolute atomic E-state index is 0.0307. The zero-order valence-electron chi connectivity index (χ0n) is 15.8. The number of aryl methyl sites for hydroxylation is 1. The highest BCUT2D eigenvalue weighted by Gasteiger charge is 2.24. The summed E-state index contributed by atoms with van der Waals surface area (Å²) in [4.78, 5) is 23.8. The Morgan fingerprint density at radius 3 is 2.63 bits per heavy atom. The van der Waals surface area contributed by atoms with Gasteiger partial charge in [0.15, 0.2) is 5.13 Å². The number of ether oxygens (including phenoxy) is 1. The van der Waals surface area contributed by atoms with Crippen LogP contribution in [0.4, 0.5) is 28.1 Å². The lowest BCUT2D eigenvalue weighted by Crippen LogP contribution is -2.06. The largest absolute Gasteiger partial charge is 0.497 e. The third kappa shape index (κ3) is 3.95. The molecule has 0 atom stereocenters. The Morgan fingerprint density at radius 2 is 1.90 bits per heavy atom. The highest BCUT2D eigenvalue weighted by molar-refractivity contribution is 7.22. The molecule has 0 spiro atoms. The second kappa shape index (κ2) is 8.09. The molecule has 152 valence electrons. The molecule has 0 unspecified atom stereocenters. The van der Waals surface area contributed by atoms with E-state index in [9.17, 15) is 10.1 Å². The highest BCUT2D eigenvalue weighted by atomic mass is 35.5. The topological polar surface area (TPSA) is 115 Å². The van der Waals surface area contributed by atoms with E-state index in [-0.39, 0.29) is 17.3 Å². The van der Waals surface area contributed by atoms with Crippen molar-refractivity contribution in [2.24, 2.45) is 0 Å². The van der Waals surface area contributed by atoms with Gasteiger partial charge >= 0.3 is 5.69 Å². The lowest BCUT2D eigenvalue weighted by molar-refractivity contribution is -0.383. The van der Waals surface area contributed by atoms with Crippen molar-refractivity contribution in [3.05, 3.63) is 63.4 Å². The molecule has 0 aliphatic heterocycles. The van der Waals surface area contributed by atoms with Gasteiger partial charge in [0, 0.05) is 10.7 Å². The molecule has 11 heteroatoms. The number of benzene rings is 2. The molecule has 2 aromatic heterocycles. The van der Waals surface area contributed by atoms with Gasteiger partial charge in [-0.1, -0.05) is 29.0 Å². The lowest BCUT2D eigenvalue weighted by Gasteiger charge is -2.11. The SMILES string of the molecule is COc1ccc2nc(Nc3ncnc(Nc4cc(Cl)ccc4C)c3[N+](=O)[O-])sc2c1. The number of halogens is 1. The van der Waals surface area contributed by atoms with Gasteiger partial charge in [-0.25, -0.2) is 15.0 Å². The maximum atomic E-state index is 11.8. The Hall–Kier alpha value is -3.50. The number of nitro groups is 1. The number of aromatic nitrogens is 3. The molecule has 2 heterocycles. The van der Waals surface area contributed by atoms with E-state index in [1.54, 1.807) is 25.3 Å². The fraction of sp³-hybridized carbons (Fsp3) is 0.105. The Balaban J connectivity index is 1.71. The van der Waals surface area contributed by atoms with Gasteiger partial charge in [0.1, 0.15) is 12.1 Å². The molecule has 30 heavy (non-hydrogen) atoms. The van der Waals surface area contributed by atoms with Crippen molar-refractivity contribution in [2.45, 2.75) is 6.92 Å². The smallest absolute Gasteiger partial charge is 0.353 e. The second-order valence-electron chi connectivity index (χ2n) is 6.24. The Kier molecular flexibility index (Phi) is 5.34. The summed E-state index contributed by atoms with van der Waals surface area (Å²) in [7, 11) is 1.59. The number of hydrogen-bond donors (Lipinski definition) is 2. The fourth-order valence-electron chi connectivity index (χ4n) is 2.78. The van der Waals surface area contributed by atoms with Crippen molar-refractivity contribution >= 4 is 61.3 Å². The number of methoxy groups -OCH3 is 1. The van der Waals surface area contributed by atoms with Crippen LogP contribution in [-0.4, -0.2) is 27.0 Å². The summed E-state index contributed by atoms with van der Waals surface area (Å²) in [5.74, 6) is 0.781. The number of nitrogens with zero attached hydrogens (tertiary/aromatic N) is 4. The van der Waals surface area contributed by atoms with Crippen molar-refractivity contribution < 1.29 is 9.66 Å². The molecule has 0 aliphatic rings. The average Bonchev–Trinajstić information content (AvgIpc) is 3.12. The molecule has 2 N–H and O–H groups in total. The number of nitrogens with one attached hydrogen (secondary N) is 2. The Labute approximate surface area is 179 Å². The summed E-state index contributed by atoms with van der Waals surface area (Å²) in [6, 6.07) is 10.7. The van der Waals surface area contributed by atoms with Gasteiger partial charge in [-0.15, -0.1) is 0 Å². The number of thiazole rings is 1. The average molecular weight is 443 g/mol. The molecular weight excluding hydrogens is 428 g/mol. The molecule has 9 nitrogen and oxygen atoms in total. The van der Waals surface area contributed by atoms with Gasteiger partial charge in [0.05, 0.1) is 22.2 Å². The highest BCUT2D eigenvalue weighted by Crippen LogP contribution is 2.36. The van der Waals surface area contributed by atoms with E-state index in [0.717, 1.165) is 15.8 Å². The summed E-state index contributed by atoms with van der Waals surface area (Å²) in [6.07, 6.45) is 1.24. The quantitative estimate of drug-likeness (QED) is 0.299. The van der Waals surface area contributed by atoms with Crippen LogP contribution in [0.1, 0.15) is 5.56 Å². The maximum Gasteiger partial charge on any atom is 0.353 e. The monoisotopic (exact) mass is 442 g/mol. The molecule has 0 amide bonds. The van der Waals surface area contributed by atoms with Crippen LogP contribution in [0.5, 0.6) is 5.75 Å². The molecule has 4 rings (SSSR count). The fourth-order valence-corrected chi connectivity index (χ4v) is 3.84. The molecule has 0 bridgehead atoms. The van der Waals surface area contributed by atoms with E-state index < -0.39 is 4.92 Å². The van der Waals surface area contributed by atoms with Crippen molar-refractivity contribution in [1.82, 2.24) is 15.0 Å². The van der Waals surface area contributed by atoms with Gasteiger partial charge in [0.25, 0.3) is 0 Å². The molecule has 4 aromatic rings. The predicted octanol–water partition coefficient (Wildman–Crippen LogP) is 5.45. The van der Waals surface area contributed by atoms with Crippen molar-refractivity contribution in [3.63, 3.8) is 0 Å². The first-order valence-electron chi connectivity index (χ1n) is 8.69. The third-order valence-corrected chi connectivity index (χ3v) is 5.45. The first-order chi connectivity index (χ1) is 14.4. The first-order valence-corrected chi connectivity index (χ1v) is 9.88. The summed E-state index contributed by atoms with van der Waals surface area (Å²) in [5, 5.41) is 18.7. The number of hydrogen-bond acceptors (Lipinski definition) is 9. The molecule has 0 saturated carbocycles. The van der Waals surface area contributed by atoms with Crippen molar-refractivity contribution in [1.29, 1.82) is 0 Å². The van der Waals surface area contributed by atoms with Gasteiger partial charge in [0.2, 0.25) is 11.6 Å². The molecule has 0 saturated heterocycles. The standard InChI is InChI=1S/C19H15ClN6O3S/c1-10-3-4-11(20)7-14(10)23-17-16(26(27)28)18(22-9-21-17)25-19-24-13-6-5-12(29-2)8-15(13)30-19/h3-9H,1-2H3,(H2,21,22,23,24,25). The second-order valence-corrected chi connectivity index (χ2v) is 7.71. The van der Waals surface area contributed by atoms with Gasteiger partial charge < -0.3 is 15.4 Å². The van der Waals surface area contributed by atoms with Crippen LogP contribution in [0.15, 0.2) is 42.7 Å². The summed E-state index contributed by atoms with van der Waals surface area (Å²) in [6.45, 7) is 1.86. The predicted molar refractivity (Wildman–Crippen MR) is 118 cm³/mol. The third-order valence-electron chi connectivity index (χ3n) is 4.28. The van der Waals surface area contributed by atoms with Crippen LogP contribution in [0, 0.1) is 17.0 Å². The summed E-state index contributed by atoms with van der Waals surface area (Å²) >= 11 is 7.38.